The molecule has 2 rings (SSSR count). The van der Waals surface area contributed by atoms with Crippen molar-refractivity contribution in [2.45, 2.75) is 45.2 Å². The molecule has 20 heavy (non-hydrogen) atoms. The highest BCUT2D eigenvalue weighted by Crippen LogP contribution is 2.20. The number of rotatable bonds is 6. The summed E-state index contributed by atoms with van der Waals surface area (Å²) in [5, 5.41) is 6.62. The minimum Gasteiger partial charge on any atom is -0.305 e. The van der Waals surface area contributed by atoms with Crippen LogP contribution in [0.5, 0.6) is 0 Å². The first-order valence-electron chi connectivity index (χ1n) is 7.16. The van der Waals surface area contributed by atoms with Crippen LogP contribution in [0.4, 0.5) is 0 Å². The minimum absolute atomic E-state index is 0.235. The summed E-state index contributed by atoms with van der Waals surface area (Å²) in [4.78, 5) is 4.31. The normalized spacial score (nSPS) is 20.1. The maximum atomic E-state index is 12.0. The molecule has 7 heteroatoms. The molecule has 1 aliphatic heterocycles. The molecule has 2 heterocycles. The van der Waals surface area contributed by atoms with E-state index in [1.54, 1.807) is 15.6 Å². The maximum absolute atomic E-state index is 12.0. The average Bonchev–Trinajstić information content (AvgIpc) is 2.93. The predicted octanol–water partition coefficient (Wildman–Crippen LogP) is 2.00. The molecule has 1 N–H and O–H groups in total. The van der Waals surface area contributed by atoms with Crippen molar-refractivity contribution in [2.75, 3.05) is 18.8 Å². The molecule has 1 atom stereocenters. The van der Waals surface area contributed by atoms with Gasteiger partial charge in [0.1, 0.15) is 5.01 Å². The summed E-state index contributed by atoms with van der Waals surface area (Å²) in [5.41, 5.74) is 0. The van der Waals surface area contributed by atoms with Gasteiger partial charge >= 0.3 is 0 Å². The first kappa shape index (κ1) is 15.9. The van der Waals surface area contributed by atoms with Crippen LogP contribution in [0.3, 0.4) is 0 Å². The van der Waals surface area contributed by atoms with Crippen LogP contribution in [0.1, 0.15) is 44.2 Å². The largest absolute Gasteiger partial charge is 0.305 e. The lowest BCUT2D eigenvalue weighted by atomic mass is 10.1. The molecule has 114 valence electrons. The number of nitrogens with one attached hydrogen (secondary N) is 1. The summed E-state index contributed by atoms with van der Waals surface area (Å²) in [6.45, 7) is 5.27. The SMILES string of the molecule is CCCS(=O)(=O)N1CCC(NC(C)c2nccs2)CC1. The molecule has 0 radical (unpaired) electrons. The van der Waals surface area contributed by atoms with E-state index in [1.165, 1.54) is 0 Å². The minimum atomic E-state index is -3.03. The van der Waals surface area contributed by atoms with E-state index in [0.29, 0.717) is 25.6 Å². The van der Waals surface area contributed by atoms with Crippen molar-refractivity contribution in [1.82, 2.24) is 14.6 Å². The van der Waals surface area contributed by atoms with Gasteiger partial charge in [-0.1, -0.05) is 6.92 Å². The second kappa shape index (κ2) is 6.98. The molecule has 1 saturated heterocycles. The van der Waals surface area contributed by atoms with Gasteiger partial charge in [-0.3, -0.25) is 0 Å². The van der Waals surface area contributed by atoms with Crippen LogP contribution in [0.25, 0.3) is 0 Å². The number of piperidine rings is 1. The van der Waals surface area contributed by atoms with Crippen molar-refractivity contribution >= 4 is 21.4 Å². The summed E-state index contributed by atoms with van der Waals surface area (Å²) in [7, 11) is -3.03. The second-order valence-corrected chi connectivity index (χ2v) is 8.26. The Hall–Kier alpha value is -0.500. The zero-order valence-electron chi connectivity index (χ0n) is 12.1. The molecule has 0 spiro atoms. The molecule has 0 amide bonds. The van der Waals surface area contributed by atoms with Gasteiger partial charge in [0.25, 0.3) is 0 Å². The van der Waals surface area contributed by atoms with Gasteiger partial charge in [-0.05, 0) is 26.2 Å². The highest BCUT2D eigenvalue weighted by atomic mass is 32.2. The summed E-state index contributed by atoms with van der Waals surface area (Å²) >= 11 is 1.65. The average molecular weight is 317 g/mol. The van der Waals surface area contributed by atoms with Crippen molar-refractivity contribution < 1.29 is 8.42 Å². The van der Waals surface area contributed by atoms with Crippen LogP contribution in [0, 0.1) is 0 Å². The van der Waals surface area contributed by atoms with Crippen LogP contribution in [0.2, 0.25) is 0 Å². The van der Waals surface area contributed by atoms with Crippen molar-refractivity contribution in [3.63, 3.8) is 0 Å². The quantitative estimate of drug-likeness (QED) is 0.871. The Morgan fingerprint density at radius 3 is 2.75 bits per heavy atom. The molecule has 0 bridgehead atoms. The van der Waals surface area contributed by atoms with Crippen molar-refractivity contribution in [3.05, 3.63) is 16.6 Å². The Bertz CT molecular complexity index is 494. The monoisotopic (exact) mass is 317 g/mol. The zero-order valence-corrected chi connectivity index (χ0v) is 13.7. The van der Waals surface area contributed by atoms with E-state index in [9.17, 15) is 8.42 Å². The molecule has 1 aromatic rings. The number of thiazole rings is 1. The third kappa shape index (κ3) is 4.00. The number of nitrogens with zero attached hydrogens (tertiary/aromatic N) is 2. The Morgan fingerprint density at radius 1 is 1.50 bits per heavy atom. The Labute approximate surface area is 125 Å². The smallest absolute Gasteiger partial charge is 0.214 e. The fraction of sp³-hybridized carbons (Fsp3) is 0.769. The number of aromatic nitrogens is 1. The summed E-state index contributed by atoms with van der Waals surface area (Å²) in [5.74, 6) is 0.264. The van der Waals surface area contributed by atoms with Gasteiger partial charge in [0, 0.05) is 30.7 Å². The fourth-order valence-corrected chi connectivity index (χ4v) is 4.76. The molecule has 1 fully saturated rings. The predicted molar refractivity (Wildman–Crippen MR) is 82.3 cm³/mol. The topological polar surface area (TPSA) is 62.3 Å². The molecular weight excluding hydrogens is 294 g/mol. The molecule has 5 nitrogen and oxygen atoms in total. The van der Waals surface area contributed by atoms with E-state index in [-0.39, 0.29) is 11.8 Å². The van der Waals surface area contributed by atoms with Crippen LogP contribution in [0.15, 0.2) is 11.6 Å². The van der Waals surface area contributed by atoms with E-state index in [4.69, 9.17) is 0 Å². The molecule has 0 aromatic carbocycles. The molecule has 1 aliphatic rings. The highest BCUT2D eigenvalue weighted by Gasteiger charge is 2.28. The standard InChI is InChI=1S/C13H23N3O2S2/c1-3-10-20(17,18)16-7-4-12(5-8-16)15-11(2)13-14-6-9-19-13/h6,9,11-12,15H,3-5,7-8,10H2,1-2H3. The molecular formula is C13H23N3O2S2. The molecule has 0 aliphatic carbocycles. The maximum Gasteiger partial charge on any atom is 0.214 e. The highest BCUT2D eigenvalue weighted by molar-refractivity contribution is 7.89. The fourth-order valence-electron chi connectivity index (χ4n) is 2.56. The summed E-state index contributed by atoms with van der Waals surface area (Å²) in [6.07, 6.45) is 4.25. The van der Waals surface area contributed by atoms with Crippen molar-refractivity contribution in [1.29, 1.82) is 0 Å². The van der Waals surface area contributed by atoms with Gasteiger partial charge in [0.2, 0.25) is 10.0 Å². The van der Waals surface area contributed by atoms with Crippen LogP contribution in [-0.4, -0.2) is 42.6 Å². The van der Waals surface area contributed by atoms with E-state index in [1.807, 2.05) is 18.5 Å². The third-order valence-electron chi connectivity index (χ3n) is 3.62. The molecule has 0 saturated carbocycles. The van der Waals surface area contributed by atoms with E-state index < -0.39 is 10.0 Å². The molecule has 1 aromatic heterocycles. The lowest BCUT2D eigenvalue weighted by Crippen LogP contribution is -2.46. The van der Waals surface area contributed by atoms with Gasteiger partial charge < -0.3 is 5.32 Å². The third-order valence-corrected chi connectivity index (χ3v) is 6.65. The summed E-state index contributed by atoms with van der Waals surface area (Å²) in [6, 6.07) is 0.612. The summed E-state index contributed by atoms with van der Waals surface area (Å²) < 4.78 is 25.6. The first-order chi connectivity index (χ1) is 9.53. The number of hydrogen-bond acceptors (Lipinski definition) is 5. The van der Waals surface area contributed by atoms with Gasteiger partial charge in [-0.15, -0.1) is 11.3 Å². The van der Waals surface area contributed by atoms with Gasteiger partial charge in [-0.25, -0.2) is 17.7 Å². The van der Waals surface area contributed by atoms with Crippen LogP contribution in [-0.2, 0) is 10.0 Å². The van der Waals surface area contributed by atoms with Crippen LogP contribution >= 0.6 is 11.3 Å². The van der Waals surface area contributed by atoms with Crippen molar-refractivity contribution in [3.8, 4) is 0 Å². The lowest BCUT2D eigenvalue weighted by Gasteiger charge is -2.32. The lowest BCUT2D eigenvalue weighted by molar-refractivity contribution is 0.277. The van der Waals surface area contributed by atoms with Crippen LogP contribution < -0.4 is 5.32 Å². The Balaban J connectivity index is 1.83. The Kier molecular flexibility index (Phi) is 5.54. The van der Waals surface area contributed by atoms with E-state index >= 15 is 0 Å². The number of sulfonamides is 1. The first-order valence-corrected chi connectivity index (χ1v) is 9.65. The van der Waals surface area contributed by atoms with Gasteiger partial charge in [0.05, 0.1) is 11.8 Å². The Morgan fingerprint density at radius 2 is 2.20 bits per heavy atom. The number of hydrogen-bond donors (Lipinski definition) is 1. The van der Waals surface area contributed by atoms with Gasteiger partial charge in [-0.2, -0.15) is 0 Å². The second-order valence-electron chi connectivity index (χ2n) is 5.25. The van der Waals surface area contributed by atoms with Crippen molar-refractivity contribution in [2.24, 2.45) is 0 Å². The van der Waals surface area contributed by atoms with E-state index in [0.717, 1.165) is 17.8 Å². The van der Waals surface area contributed by atoms with Gasteiger partial charge in [0.15, 0.2) is 0 Å². The van der Waals surface area contributed by atoms with E-state index in [2.05, 4.69) is 17.2 Å². The molecule has 1 unspecified atom stereocenters. The zero-order chi connectivity index (χ0) is 14.6.